The van der Waals surface area contributed by atoms with Crippen molar-refractivity contribution < 1.29 is 23.5 Å². The predicted octanol–water partition coefficient (Wildman–Crippen LogP) is 5.48. The Bertz CT molecular complexity index is 1380. The molecular weight excluding hydrogens is 455 g/mol. The van der Waals surface area contributed by atoms with Crippen molar-refractivity contribution in [3.8, 4) is 22.6 Å². The number of ether oxygens (including phenoxy) is 2. The van der Waals surface area contributed by atoms with E-state index in [1.54, 1.807) is 42.5 Å². The standard InChI is InChI=1S/C26H23FN2O4S/c1-28(29(2)26(31)18-11-12-22(32-3)23(14-18)33-4)25(30)17-8-5-7-16(13-17)20-15-34-24-19(20)9-6-10-21(24)27/h5-15H,1-4H3. The highest BCUT2D eigenvalue weighted by molar-refractivity contribution is 7.17. The van der Waals surface area contributed by atoms with Crippen molar-refractivity contribution in [3.63, 3.8) is 0 Å². The van der Waals surface area contributed by atoms with Gasteiger partial charge in [0.15, 0.2) is 11.5 Å². The Labute approximate surface area is 200 Å². The topological polar surface area (TPSA) is 59.1 Å². The number of methoxy groups -OCH3 is 2. The Balaban J connectivity index is 1.59. The summed E-state index contributed by atoms with van der Waals surface area (Å²) in [5.74, 6) is -0.0844. The molecule has 4 rings (SSSR count). The highest BCUT2D eigenvalue weighted by Crippen LogP contribution is 2.35. The van der Waals surface area contributed by atoms with E-state index in [1.165, 1.54) is 55.7 Å². The lowest BCUT2D eigenvalue weighted by atomic mass is 10.0. The van der Waals surface area contributed by atoms with Crippen LogP contribution in [0.2, 0.25) is 0 Å². The minimum atomic E-state index is -0.382. The maximum atomic E-state index is 14.1. The van der Waals surface area contributed by atoms with Gasteiger partial charge in [-0.15, -0.1) is 11.3 Å². The van der Waals surface area contributed by atoms with Crippen molar-refractivity contribution in [1.29, 1.82) is 0 Å². The van der Waals surface area contributed by atoms with Crippen LogP contribution in [0.15, 0.2) is 66.0 Å². The molecule has 0 radical (unpaired) electrons. The van der Waals surface area contributed by atoms with Gasteiger partial charge in [-0.3, -0.25) is 19.6 Å². The van der Waals surface area contributed by atoms with Gasteiger partial charge in [-0.1, -0.05) is 24.3 Å². The van der Waals surface area contributed by atoms with Gasteiger partial charge in [0.2, 0.25) is 0 Å². The van der Waals surface area contributed by atoms with Crippen LogP contribution in [0.3, 0.4) is 0 Å². The fraction of sp³-hybridized carbons (Fsp3) is 0.154. The Kier molecular flexibility index (Phi) is 6.51. The SMILES string of the molecule is COc1ccc(C(=O)N(C)N(C)C(=O)c2cccc(-c3csc4c(F)cccc34)c2)cc1OC. The number of thiophene rings is 1. The van der Waals surface area contributed by atoms with Crippen molar-refractivity contribution in [1.82, 2.24) is 10.0 Å². The zero-order chi connectivity index (χ0) is 24.4. The summed E-state index contributed by atoms with van der Waals surface area (Å²) in [5, 5.41) is 5.17. The summed E-state index contributed by atoms with van der Waals surface area (Å²) in [7, 11) is 6.06. The number of nitrogens with zero attached hydrogens (tertiary/aromatic N) is 2. The molecule has 3 aromatic carbocycles. The van der Waals surface area contributed by atoms with Gasteiger partial charge in [0, 0.05) is 36.2 Å². The van der Waals surface area contributed by atoms with E-state index >= 15 is 0 Å². The van der Waals surface area contributed by atoms with Gasteiger partial charge in [-0.25, -0.2) is 4.39 Å². The van der Waals surface area contributed by atoms with Crippen LogP contribution in [0.5, 0.6) is 11.5 Å². The molecule has 0 fully saturated rings. The Morgan fingerprint density at radius 1 is 0.824 bits per heavy atom. The van der Waals surface area contributed by atoms with E-state index < -0.39 is 0 Å². The lowest BCUT2D eigenvalue weighted by molar-refractivity contribution is 0.0186. The Morgan fingerprint density at radius 3 is 2.15 bits per heavy atom. The van der Waals surface area contributed by atoms with Crippen molar-refractivity contribution in [2.45, 2.75) is 0 Å². The number of halogens is 1. The third-order valence-corrected chi connectivity index (χ3v) is 6.64. The molecule has 0 aliphatic rings. The highest BCUT2D eigenvalue weighted by Gasteiger charge is 2.23. The molecular formula is C26H23FN2O4S. The molecule has 0 atom stereocenters. The number of hydrogen-bond acceptors (Lipinski definition) is 5. The average molecular weight is 479 g/mol. The van der Waals surface area contributed by atoms with Crippen LogP contribution in [0.4, 0.5) is 4.39 Å². The third kappa shape index (κ3) is 4.20. The molecule has 0 spiro atoms. The second-order valence-electron chi connectivity index (χ2n) is 7.57. The number of amides is 2. The van der Waals surface area contributed by atoms with Crippen LogP contribution in [0, 0.1) is 5.82 Å². The lowest BCUT2D eigenvalue weighted by Crippen LogP contribution is -2.44. The number of fused-ring (bicyclic) bond motifs is 1. The molecule has 1 aromatic heterocycles. The van der Waals surface area contributed by atoms with E-state index in [-0.39, 0.29) is 17.6 Å². The Hall–Kier alpha value is -3.91. The number of hydrazine groups is 1. The molecule has 0 saturated carbocycles. The smallest absolute Gasteiger partial charge is 0.272 e. The van der Waals surface area contributed by atoms with Crippen LogP contribution in [-0.2, 0) is 0 Å². The maximum absolute atomic E-state index is 14.1. The molecule has 0 N–H and O–H groups in total. The first kappa shape index (κ1) is 23.3. The fourth-order valence-electron chi connectivity index (χ4n) is 3.68. The zero-order valence-corrected chi connectivity index (χ0v) is 20.0. The normalized spacial score (nSPS) is 10.7. The fourth-order valence-corrected chi connectivity index (χ4v) is 4.67. The first-order chi connectivity index (χ1) is 16.3. The number of hydrogen-bond donors (Lipinski definition) is 0. The van der Waals surface area contributed by atoms with E-state index in [1.807, 2.05) is 17.5 Å². The molecule has 1 heterocycles. The van der Waals surface area contributed by atoms with Crippen LogP contribution < -0.4 is 9.47 Å². The molecule has 2 amide bonds. The molecule has 0 saturated heterocycles. The van der Waals surface area contributed by atoms with E-state index in [2.05, 4.69) is 0 Å². The van der Waals surface area contributed by atoms with E-state index in [0.717, 1.165) is 16.5 Å². The third-order valence-electron chi connectivity index (χ3n) is 5.64. The number of carbonyl (C=O) groups excluding carboxylic acids is 2. The summed E-state index contributed by atoms with van der Waals surface area (Å²) in [6.07, 6.45) is 0. The molecule has 4 aromatic rings. The summed E-state index contributed by atoms with van der Waals surface area (Å²) >= 11 is 1.33. The van der Waals surface area contributed by atoms with Crippen molar-refractivity contribution >= 4 is 33.2 Å². The molecule has 0 aliphatic carbocycles. The van der Waals surface area contributed by atoms with E-state index in [0.29, 0.717) is 27.3 Å². The van der Waals surface area contributed by atoms with Gasteiger partial charge in [0.25, 0.3) is 11.8 Å². The molecule has 0 aliphatic heterocycles. The molecule has 8 heteroatoms. The zero-order valence-electron chi connectivity index (χ0n) is 19.2. The van der Waals surface area contributed by atoms with Gasteiger partial charge in [-0.2, -0.15) is 0 Å². The highest BCUT2D eigenvalue weighted by atomic mass is 32.1. The summed E-state index contributed by atoms with van der Waals surface area (Å²) in [5.41, 5.74) is 2.40. The first-order valence-electron chi connectivity index (χ1n) is 10.4. The predicted molar refractivity (Wildman–Crippen MR) is 131 cm³/mol. The van der Waals surface area contributed by atoms with Crippen molar-refractivity contribution in [2.75, 3.05) is 28.3 Å². The largest absolute Gasteiger partial charge is 0.493 e. The van der Waals surface area contributed by atoms with Crippen LogP contribution >= 0.6 is 11.3 Å². The van der Waals surface area contributed by atoms with Crippen molar-refractivity contribution in [2.24, 2.45) is 0 Å². The van der Waals surface area contributed by atoms with Crippen molar-refractivity contribution in [3.05, 3.63) is 83.0 Å². The number of benzene rings is 3. The summed E-state index contributed by atoms with van der Waals surface area (Å²) < 4.78 is 25.2. The van der Waals surface area contributed by atoms with Gasteiger partial charge in [-0.05, 0) is 47.3 Å². The van der Waals surface area contributed by atoms with E-state index in [4.69, 9.17) is 9.47 Å². The van der Waals surface area contributed by atoms with Gasteiger partial charge >= 0.3 is 0 Å². The monoisotopic (exact) mass is 478 g/mol. The quantitative estimate of drug-likeness (QED) is 0.356. The first-order valence-corrected chi connectivity index (χ1v) is 11.3. The average Bonchev–Trinajstić information content (AvgIpc) is 3.32. The van der Waals surface area contributed by atoms with Crippen LogP contribution in [-0.4, -0.2) is 50.1 Å². The minimum Gasteiger partial charge on any atom is -0.493 e. The molecule has 34 heavy (non-hydrogen) atoms. The second-order valence-corrected chi connectivity index (χ2v) is 8.45. The molecule has 0 bridgehead atoms. The minimum absolute atomic E-state index is 0.268. The number of rotatable bonds is 5. The van der Waals surface area contributed by atoms with Gasteiger partial charge in [0.1, 0.15) is 5.82 Å². The lowest BCUT2D eigenvalue weighted by Gasteiger charge is -2.28. The maximum Gasteiger partial charge on any atom is 0.272 e. The molecule has 0 unspecified atom stereocenters. The van der Waals surface area contributed by atoms with Crippen LogP contribution in [0.25, 0.3) is 21.2 Å². The van der Waals surface area contributed by atoms with Gasteiger partial charge < -0.3 is 9.47 Å². The summed E-state index contributed by atoms with van der Waals surface area (Å²) in [4.78, 5) is 26.2. The molecule has 174 valence electrons. The summed E-state index contributed by atoms with van der Waals surface area (Å²) in [6, 6.07) is 16.9. The van der Waals surface area contributed by atoms with Gasteiger partial charge in [0.05, 0.1) is 18.9 Å². The summed E-state index contributed by atoms with van der Waals surface area (Å²) in [6.45, 7) is 0. The molecule has 6 nitrogen and oxygen atoms in total. The van der Waals surface area contributed by atoms with E-state index in [9.17, 15) is 14.0 Å². The Morgan fingerprint density at radius 2 is 1.47 bits per heavy atom. The second kappa shape index (κ2) is 9.52. The number of carbonyl (C=O) groups is 2. The van der Waals surface area contributed by atoms with Crippen LogP contribution in [0.1, 0.15) is 20.7 Å².